The summed E-state index contributed by atoms with van der Waals surface area (Å²) in [4.78, 5) is 11.7. The first-order valence-corrected chi connectivity index (χ1v) is 9.22. The van der Waals surface area contributed by atoms with Crippen LogP contribution in [0.25, 0.3) is 0 Å². The number of hydrogen-bond acceptors (Lipinski definition) is 4. The topological polar surface area (TPSA) is 66.8 Å². The van der Waals surface area contributed by atoms with E-state index >= 15 is 0 Å². The van der Waals surface area contributed by atoms with Gasteiger partial charge in [0.15, 0.2) is 0 Å². The lowest BCUT2D eigenvalue weighted by Crippen LogP contribution is -2.53. The van der Waals surface area contributed by atoms with E-state index in [2.05, 4.69) is 13.0 Å². The van der Waals surface area contributed by atoms with E-state index in [0.717, 1.165) is 36.0 Å². The van der Waals surface area contributed by atoms with Gasteiger partial charge in [-0.25, -0.2) is 0 Å². The van der Waals surface area contributed by atoms with Gasteiger partial charge in [0.05, 0.1) is 11.2 Å². The van der Waals surface area contributed by atoms with Gasteiger partial charge in [-0.05, 0) is 74.6 Å². The first kappa shape index (κ1) is 18.4. The first-order valence-electron chi connectivity index (χ1n) is 9.22. The van der Waals surface area contributed by atoms with Gasteiger partial charge in [-0.15, -0.1) is 0 Å². The van der Waals surface area contributed by atoms with Crippen LogP contribution in [-0.2, 0) is 20.5 Å². The molecule has 0 radical (unpaired) electrons. The molecular weight excluding hydrogens is 316 g/mol. The molecule has 0 aromatic heterocycles. The number of rotatable bonds is 2. The molecule has 4 atom stereocenters. The quantitative estimate of drug-likeness (QED) is 0.801. The standard InChI is InChI=1S/C21H30O4/c1-13(22)25-17-12-18-20(4,9-6-10-21(18,5)24)16-8-7-14(11-15(16)17)19(2,3)23/h7-8,11,17-18,23-24H,6,9-10,12H2,1-5H3/t17-,18-,20-,21-/m1/s1. The lowest BCUT2D eigenvalue weighted by atomic mass is 9.53. The molecule has 2 N–H and O–H groups in total. The van der Waals surface area contributed by atoms with Crippen molar-refractivity contribution in [3.05, 3.63) is 34.9 Å². The summed E-state index contributed by atoms with van der Waals surface area (Å²) in [5, 5.41) is 21.4. The zero-order valence-corrected chi connectivity index (χ0v) is 15.9. The van der Waals surface area contributed by atoms with Gasteiger partial charge in [0, 0.05) is 12.8 Å². The Morgan fingerprint density at radius 3 is 2.56 bits per heavy atom. The lowest BCUT2D eigenvalue weighted by Gasteiger charge is -2.54. The Morgan fingerprint density at radius 1 is 1.28 bits per heavy atom. The van der Waals surface area contributed by atoms with Crippen molar-refractivity contribution < 1.29 is 19.7 Å². The Morgan fingerprint density at radius 2 is 1.96 bits per heavy atom. The molecule has 0 heterocycles. The fraction of sp³-hybridized carbons (Fsp3) is 0.667. The number of benzene rings is 1. The second-order valence-corrected chi connectivity index (χ2v) is 8.88. The maximum Gasteiger partial charge on any atom is 0.303 e. The highest BCUT2D eigenvalue weighted by Gasteiger charge is 2.54. The van der Waals surface area contributed by atoms with Crippen LogP contribution in [0.3, 0.4) is 0 Å². The van der Waals surface area contributed by atoms with Gasteiger partial charge in [0.1, 0.15) is 6.10 Å². The summed E-state index contributed by atoms with van der Waals surface area (Å²) in [7, 11) is 0. The molecule has 0 spiro atoms. The maximum absolute atomic E-state index is 11.7. The molecular formula is C21H30O4. The highest BCUT2D eigenvalue weighted by Crippen LogP contribution is 2.57. The highest BCUT2D eigenvalue weighted by atomic mass is 16.5. The first-order chi connectivity index (χ1) is 11.4. The van der Waals surface area contributed by atoms with Crippen molar-refractivity contribution in [1.82, 2.24) is 0 Å². The SMILES string of the molecule is CC(=O)O[C@@H]1C[C@H]2[C@](C)(O)CCC[C@]2(C)c2ccc(C(C)(C)O)cc21. The van der Waals surface area contributed by atoms with Gasteiger partial charge >= 0.3 is 5.97 Å². The molecule has 0 unspecified atom stereocenters. The van der Waals surface area contributed by atoms with E-state index < -0.39 is 11.2 Å². The molecule has 0 amide bonds. The number of aliphatic hydroxyl groups is 2. The predicted octanol–water partition coefficient (Wildman–Crippen LogP) is 3.73. The van der Waals surface area contributed by atoms with Crippen molar-refractivity contribution in [3.63, 3.8) is 0 Å². The van der Waals surface area contributed by atoms with Gasteiger partial charge in [-0.1, -0.05) is 19.1 Å². The van der Waals surface area contributed by atoms with Crippen LogP contribution in [0, 0.1) is 5.92 Å². The summed E-state index contributed by atoms with van der Waals surface area (Å²) in [5.41, 5.74) is 1.07. The van der Waals surface area contributed by atoms with Crippen LogP contribution in [0.1, 0.15) is 83.1 Å². The van der Waals surface area contributed by atoms with Gasteiger partial charge in [-0.2, -0.15) is 0 Å². The summed E-state index contributed by atoms with van der Waals surface area (Å²) in [6.45, 7) is 9.07. The molecule has 0 saturated heterocycles. The number of carbonyl (C=O) groups excluding carboxylic acids is 1. The molecule has 2 aliphatic carbocycles. The van der Waals surface area contributed by atoms with E-state index in [1.807, 2.05) is 19.1 Å². The summed E-state index contributed by atoms with van der Waals surface area (Å²) < 4.78 is 5.64. The number of hydrogen-bond donors (Lipinski definition) is 2. The smallest absolute Gasteiger partial charge is 0.303 e. The Balaban J connectivity index is 2.16. The molecule has 1 aromatic rings. The van der Waals surface area contributed by atoms with Crippen LogP contribution < -0.4 is 0 Å². The number of esters is 1. The largest absolute Gasteiger partial charge is 0.458 e. The summed E-state index contributed by atoms with van der Waals surface area (Å²) in [6.07, 6.45) is 3.00. The van der Waals surface area contributed by atoms with Crippen molar-refractivity contribution in [2.75, 3.05) is 0 Å². The van der Waals surface area contributed by atoms with Crippen LogP contribution in [0.15, 0.2) is 18.2 Å². The summed E-state index contributed by atoms with van der Waals surface area (Å²) >= 11 is 0. The van der Waals surface area contributed by atoms with Gasteiger partial charge in [0.25, 0.3) is 0 Å². The normalized spacial score (nSPS) is 34.8. The van der Waals surface area contributed by atoms with Crippen molar-refractivity contribution in [2.45, 2.75) is 83.0 Å². The van der Waals surface area contributed by atoms with Crippen molar-refractivity contribution >= 4 is 5.97 Å². The predicted molar refractivity (Wildman–Crippen MR) is 96.1 cm³/mol. The van der Waals surface area contributed by atoms with Crippen molar-refractivity contribution in [3.8, 4) is 0 Å². The van der Waals surface area contributed by atoms with Crippen molar-refractivity contribution in [1.29, 1.82) is 0 Å². The van der Waals surface area contributed by atoms with E-state index in [4.69, 9.17) is 4.74 Å². The monoisotopic (exact) mass is 346 g/mol. The number of fused-ring (bicyclic) bond motifs is 3. The molecule has 138 valence electrons. The molecule has 0 bridgehead atoms. The van der Waals surface area contributed by atoms with Crippen molar-refractivity contribution in [2.24, 2.45) is 5.92 Å². The third-order valence-electron chi connectivity index (χ3n) is 6.38. The minimum Gasteiger partial charge on any atom is -0.458 e. The van der Waals surface area contributed by atoms with Crippen LogP contribution in [0.4, 0.5) is 0 Å². The molecule has 25 heavy (non-hydrogen) atoms. The van der Waals surface area contributed by atoms with Crippen LogP contribution in [0.2, 0.25) is 0 Å². The maximum atomic E-state index is 11.7. The molecule has 2 aliphatic rings. The average molecular weight is 346 g/mol. The van der Waals surface area contributed by atoms with Crippen LogP contribution in [-0.4, -0.2) is 21.8 Å². The highest BCUT2D eigenvalue weighted by molar-refractivity contribution is 5.66. The third-order valence-corrected chi connectivity index (χ3v) is 6.38. The second-order valence-electron chi connectivity index (χ2n) is 8.88. The third kappa shape index (κ3) is 3.11. The summed E-state index contributed by atoms with van der Waals surface area (Å²) in [5.74, 6) is -0.276. The van der Waals surface area contributed by atoms with E-state index in [1.54, 1.807) is 13.8 Å². The van der Waals surface area contributed by atoms with Gasteiger partial charge < -0.3 is 14.9 Å². The van der Waals surface area contributed by atoms with E-state index in [-0.39, 0.29) is 23.4 Å². The molecule has 4 heteroatoms. The minimum absolute atomic E-state index is 0.0404. The van der Waals surface area contributed by atoms with Crippen LogP contribution >= 0.6 is 0 Å². The van der Waals surface area contributed by atoms with E-state index in [0.29, 0.717) is 6.42 Å². The molecule has 1 saturated carbocycles. The Hall–Kier alpha value is -1.39. The fourth-order valence-corrected chi connectivity index (χ4v) is 5.07. The zero-order chi connectivity index (χ0) is 18.6. The second kappa shape index (κ2) is 5.82. The average Bonchev–Trinajstić information content (AvgIpc) is 2.47. The summed E-state index contributed by atoms with van der Waals surface area (Å²) in [6, 6.07) is 6.00. The van der Waals surface area contributed by atoms with Gasteiger partial charge in [0.2, 0.25) is 0 Å². The molecule has 1 fully saturated rings. The van der Waals surface area contributed by atoms with E-state index in [1.165, 1.54) is 6.92 Å². The zero-order valence-electron chi connectivity index (χ0n) is 15.9. The molecule has 4 nitrogen and oxygen atoms in total. The fourth-order valence-electron chi connectivity index (χ4n) is 5.07. The Kier molecular flexibility index (Phi) is 4.28. The van der Waals surface area contributed by atoms with Crippen LogP contribution in [0.5, 0.6) is 0 Å². The Labute approximate surface area is 150 Å². The number of carbonyl (C=O) groups is 1. The lowest BCUT2D eigenvalue weighted by molar-refractivity contribution is -0.153. The van der Waals surface area contributed by atoms with Gasteiger partial charge in [-0.3, -0.25) is 4.79 Å². The Bertz CT molecular complexity index is 686. The van der Waals surface area contributed by atoms with E-state index in [9.17, 15) is 15.0 Å². The molecule has 3 rings (SSSR count). The molecule has 1 aromatic carbocycles. The number of ether oxygens (including phenoxy) is 1. The minimum atomic E-state index is -0.953. The molecule has 0 aliphatic heterocycles.